The standard InChI is InChI=1S/C33H36O12/c1-39-20-11-9-19(10-12-20)33-26(18-7-5-4-6-8-18)25(29(36)37)28(35)32(33,38)27-23(40-2)15-22(16-24(27)45-33)44-31-30(41-3)42-17-21(43-31)13-14-34/h4-12,15-16,21,25-26,28,30-31,34-35,38H,13-14,17H2,1-3H3,(H,36,37)/t21-,25+,26+,28+,30+,31?,32-,33-/m0/s1. The lowest BCUT2D eigenvalue weighted by atomic mass is 9.70. The van der Waals surface area contributed by atoms with Crippen LogP contribution in [-0.2, 0) is 30.2 Å². The average Bonchev–Trinajstić information content (AvgIpc) is 3.43. The lowest BCUT2D eigenvalue weighted by molar-refractivity contribution is -0.313. The van der Waals surface area contributed by atoms with E-state index in [1.165, 1.54) is 33.5 Å². The molecule has 12 nitrogen and oxygen atoms in total. The van der Waals surface area contributed by atoms with Crippen molar-refractivity contribution in [3.05, 3.63) is 83.4 Å². The maximum Gasteiger partial charge on any atom is 0.310 e. The summed E-state index contributed by atoms with van der Waals surface area (Å²) in [7, 11) is 4.35. The Morgan fingerprint density at radius 1 is 0.978 bits per heavy atom. The van der Waals surface area contributed by atoms with Gasteiger partial charge in [0.05, 0.1) is 38.4 Å². The highest BCUT2D eigenvalue weighted by Gasteiger charge is 2.78. The molecular weight excluding hydrogens is 588 g/mol. The molecule has 6 rings (SSSR count). The summed E-state index contributed by atoms with van der Waals surface area (Å²) < 4.78 is 41.1. The summed E-state index contributed by atoms with van der Waals surface area (Å²) in [6.07, 6.45) is -3.84. The summed E-state index contributed by atoms with van der Waals surface area (Å²) in [4.78, 5) is 12.9. The van der Waals surface area contributed by atoms with Gasteiger partial charge in [-0.3, -0.25) is 4.79 Å². The minimum Gasteiger partial charge on any atom is -0.497 e. The number of carbonyl (C=O) groups is 1. The predicted molar refractivity (Wildman–Crippen MR) is 156 cm³/mol. The van der Waals surface area contributed by atoms with Gasteiger partial charge in [-0.05, 0) is 29.7 Å². The number of carboxylic acid groups (broad SMARTS) is 1. The van der Waals surface area contributed by atoms with Crippen LogP contribution in [0.5, 0.6) is 23.0 Å². The number of fused-ring (bicyclic) bond motifs is 3. The van der Waals surface area contributed by atoms with Crippen LogP contribution in [0.15, 0.2) is 66.7 Å². The number of aliphatic carboxylic acids is 1. The molecular formula is C33H36O12. The van der Waals surface area contributed by atoms with Gasteiger partial charge in [0.2, 0.25) is 6.29 Å². The van der Waals surface area contributed by atoms with E-state index in [9.17, 15) is 25.2 Å². The number of hydrogen-bond acceptors (Lipinski definition) is 11. The summed E-state index contributed by atoms with van der Waals surface area (Å²) in [5.41, 5.74) is -3.09. The first-order chi connectivity index (χ1) is 21.7. The van der Waals surface area contributed by atoms with E-state index < -0.39 is 53.8 Å². The van der Waals surface area contributed by atoms with E-state index in [0.717, 1.165) is 0 Å². The van der Waals surface area contributed by atoms with Crippen LogP contribution in [0, 0.1) is 5.92 Å². The lowest BCUT2D eigenvalue weighted by Crippen LogP contribution is -2.52. The third-order valence-electron chi connectivity index (χ3n) is 8.94. The predicted octanol–water partition coefficient (Wildman–Crippen LogP) is 2.51. The lowest BCUT2D eigenvalue weighted by Gasteiger charge is -2.40. The minimum absolute atomic E-state index is 0.0765. The zero-order valence-corrected chi connectivity index (χ0v) is 25.0. The van der Waals surface area contributed by atoms with Gasteiger partial charge in [0.25, 0.3) is 6.29 Å². The smallest absolute Gasteiger partial charge is 0.310 e. The van der Waals surface area contributed by atoms with Crippen molar-refractivity contribution in [2.24, 2.45) is 5.92 Å². The van der Waals surface area contributed by atoms with Crippen molar-refractivity contribution in [2.45, 2.75) is 48.3 Å². The largest absolute Gasteiger partial charge is 0.497 e. The van der Waals surface area contributed by atoms with Gasteiger partial charge in [0, 0.05) is 31.8 Å². The summed E-state index contributed by atoms with van der Waals surface area (Å²) in [5, 5.41) is 44.6. The molecule has 2 aliphatic heterocycles. The second-order valence-electron chi connectivity index (χ2n) is 11.2. The van der Waals surface area contributed by atoms with Crippen LogP contribution >= 0.6 is 0 Å². The maximum atomic E-state index is 12.9. The molecule has 240 valence electrons. The number of rotatable bonds is 10. The van der Waals surface area contributed by atoms with Gasteiger partial charge < -0.3 is 53.6 Å². The highest BCUT2D eigenvalue weighted by atomic mass is 16.8. The van der Waals surface area contributed by atoms with E-state index in [0.29, 0.717) is 23.3 Å². The molecule has 1 unspecified atom stereocenters. The van der Waals surface area contributed by atoms with Crippen LogP contribution in [0.2, 0.25) is 0 Å². The van der Waals surface area contributed by atoms with E-state index in [-0.39, 0.29) is 36.0 Å². The molecule has 0 radical (unpaired) electrons. The van der Waals surface area contributed by atoms with Crippen LogP contribution in [0.4, 0.5) is 0 Å². The second-order valence-corrected chi connectivity index (χ2v) is 11.2. The quantitative estimate of drug-likeness (QED) is 0.261. The number of aliphatic hydroxyl groups is 3. The Morgan fingerprint density at radius 2 is 1.71 bits per heavy atom. The summed E-state index contributed by atoms with van der Waals surface area (Å²) in [6.45, 7) is 0.101. The molecule has 3 aliphatic rings. The van der Waals surface area contributed by atoms with E-state index in [1.54, 1.807) is 54.6 Å². The van der Waals surface area contributed by atoms with Crippen molar-refractivity contribution >= 4 is 5.97 Å². The van der Waals surface area contributed by atoms with Crippen molar-refractivity contribution in [2.75, 3.05) is 34.5 Å². The van der Waals surface area contributed by atoms with E-state index in [1.807, 2.05) is 0 Å². The summed E-state index contributed by atoms with van der Waals surface area (Å²) >= 11 is 0. The van der Waals surface area contributed by atoms with E-state index in [2.05, 4.69) is 0 Å². The van der Waals surface area contributed by atoms with Crippen LogP contribution in [0.3, 0.4) is 0 Å². The fourth-order valence-corrected chi connectivity index (χ4v) is 6.99. The van der Waals surface area contributed by atoms with Crippen molar-refractivity contribution in [3.8, 4) is 23.0 Å². The molecule has 1 aliphatic carbocycles. The molecule has 2 heterocycles. The number of hydrogen-bond donors (Lipinski definition) is 4. The number of ether oxygens (including phenoxy) is 7. The number of carboxylic acids is 1. The average molecular weight is 625 g/mol. The van der Waals surface area contributed by atoms with Gasteiger partial charge in [-0.15, -0.1) is 0 Å². The maximum absolute atomic E-state index is 12.9. The monoisotopic (exact) mass is 624 g/mol. The minimum atomic E-state index is -2.30. The molecule has 45 heavy (non-hydrogen) atoms. The Bertz CT molecular complexity index is 1510. The Morgan fingerprint density at radius 3 is 2.33 bits per heavy atom. The zero-order valence-electron chi connectivity index (χ0n) is 25.0. The van der Waals surface area contributed by atoms with Gasteiger partial charge in [0.15, 0.2) is 11.2 Å². The molecule has 1 saturated carbocycles. The first-order valence-corrected chi connectivity index (χ1v) is 14.5. The van der Waals surface area contributed by atoms with Crippen molar-refractivity contribution < 1.29 is 58.4 Å². The first kappa shape index (κ1) is 31.1. The fourth-order valence-electron chi connectivity index (χ4n) is 6.99. The molecule has 4 N–H and O–H groups in total. The fraction of sp³-hybridized carbons (Fsp3) is 0.424. The van der Waals surface area contributed by atoms with Crippen molar-refractivity contribution in [1.29, 1.82) is 0 Å². The highest BCUT2D eigenvalue weighted by Crippen LogP contribution is 2.70. The van der Waals surface area contributed by atoms with E-state index in [4.69, 9.17) is 33.2 Å². The van der Waals surface area contributed by atoms with Crippen LogP contribution in [0.1, 0.15) is 29.0 Å². The van der Waals surface area contributed by atoms with E-state index >= 15 is 0 Å². The first-order valence-electron chi connectivity index (χ1n) is 14.5. The Labute approximate surface area is 259 Å². The zero-order chi connectivity index (χ0) is 31.9. The molecule has 0 aromatic heterocycles. The Kier molecular flexibility index (Phi) is 8.37. The van der Waals surface area contributed by atoms with Gasteiger partial charge in [-0.25, -0.2) is 0 Å². The summed E-state index contributed by atoms with van der Waals surface area (Å²) in [6, 6.07) is 18.6. The van der Waals surface area contributed by atoms with Crippen molar-refractivity contribution in [3.63, 3.8) is 0 Å². The Balaban J connectivity index is 1.52. The van der Waals surface area contributed by atoms with Gasteiger partial charge in [-0.1, -0.05) is 42.5 Å². The molecule has 3 aromatic carbocycles. The van der Waals surface area contributed by atoms with Crippen LogP contribution in [0.25, 0.3) is 0 Å². The molecule has 0 spiro atoms. The topological polar surface area (TPSA) is 163 Å². The number of benzene rings is 3. The molecule has 0 bridgehead atoms. The highest BCUT2D eigenvalue weighted by molar-refractivity contribution is 5.77. The molecule has 12 heteroatoms. The molecule has 8 atom stereocenters. The normalized spacial score (nSPS) is 31.9. The molecule has 0 amide bonds. The van der Waals surface area contributed by atoms with Gasteiger partial charge in [-0.2, -0.15) is 0 Å². The SMILES string of the molecule is COc1ccc([C@@]23Oc4cc(OC5O[C@@H](CCO)CO[C@H]5OC)cc(OC)c4[C@]2(O)[C@H](O)[C@H](C(=O)O)[C@H]3c2ccccc2)cc1. The number of methoxy groups -OCH3 is 3. The summed E-state index contributed by atoms with van der Waals surface area (Å²) in [5.74, 6) is -2.87. The molecule has 2 fully saturated rings. The molecule has 3 aromatic rings. The number of aliphatic hydroxyl groups excluding tert-OH is 2. The third kappa shape index (κ3) is 4.80. The second kappa shape index (κ2) is 12.1. The molecule has 1 saturated heterocycles. The van der Waals surface area contributed by atoms with Crippen molar-refractivity contribution in [1.82, 2.24) is 0 Å². The van der Waals surface area contributed by atoms with Crippen LogP contribution < -0.4 is 18.9 Å². The Hall–Kier alpha value is -3.91. The van der Waals surface area contributed by atoms with Gasteiger partial charge >= 0.3 is 5.97 Å². The van der Waals surface area contributed by atoms with Gasteiger partial charge in [0.1, 0.15) is 29.1 Å². The van der Waals surface area contributed by atoms with Crippen LogP contribution in [-0.4, -0.2) is 85.7 Å². The third-order valence-corrected chi connectivity index (χ3v) is 8.94.